The number of rotatable bonds is 0. The van der Waals surface area contributed by atoms with Crippen molar-refractivity contribution in [2.75, 3.05) is 0 Å². The molecule has 3 rings (SSSR count). The van der Waals surface area contributed by atoms with E-state index in [0.717, 1.165) is 0 Å². The lowest BCUT2D eigenvalue weighted by Gasteiger charge is -2.04. The molecule has 0 saturated heterocycles. The fourth-order valence-electron chi connectivity index (χ4n) is 1.87. The van der Waals surface area contributed by atoms with Crippen LogP contribution in [0.15, 0.2) is 55.4 Å². The maximum atomic E-state index is 12.3. The SMILES string of the molecule is O=c1c2ccccc2oc2c(S)cc(S)cc12. The molecule has 0 unspecified atom stereocenters. The molecule has 0 aliphatic carbocycles. The van der Waals surface area contributed by atoms with Gasteiger partial charge in [-0.15, -0.1) is 25.3 Å². The van der Waals surface area contributed by atoms with Gasteiger partial charge in [-0.25, -0.2) is 0 Å². The monoisotopic (exact) mass is 260 g/mol. The number of fused-ring (bicyclic) bond motifs is 2. The van der Waals surface area contributed by atoms with E-state index in [1.54, 1.807) is 24.3 Å². The van der Waals surface area contributed by atoms with Gasteiger partial charge in [0.1, 0.15) is 5.58 Å². The molecule has 0 aliphatic heterocycles. The van der Waals surface area contributed by atoms with Crippen LogP contribution in [0.4, 0.5) is 0 Å². The van der Waals surface area contributed by atoms with Crippen molar-refractivity contribution >= 4 is 47.2 Å². The number of para-hydroxylation sites is 1. The van der Waals surface area contributed by atoms with E-state index < -0.39 is 0 Å². The molecule has 0 fully saturated rings. The highest BCUT2D eigenvalue weighted by atomic mass is 32.1. The van der Waals surface area contributed by atoms with Crippen LogP contribution in [0.3, 0.4) is 0 Å². The molecule has 0 saturated carbocycles. The van der Waals surface area contributed by atoms with Crippen molar-refractivity contribution in [3.63, 3.8) is 0 Å². The minimum Gasteiger partial charge on any atom is -0.455 e. The van der Waals surface area contributed by atoms with Crippen LogP contribution in [0.25, 0.3) is 21.9 Å². The maximum Gasteiger partial charge on any atom is 0.200 e. The molecule has 0 aliphatic rings. The molecule has 0 N–H and O–H groups in total. The lowest BCUT2D eigenvalue weighted by Crippen LogP contribution is -2.02. The van der Waals surface area contributed by atoms with E-state index in [0.29, 0.717) is 31.7 Å². The molecule has 1 aromatic heterocycles. The summed E-state index contributed by atoms with van der Waals surface area (Å²) in [6.45, 7) is 0. The van der Waals surface area contributed by atoms with Gasteiger partial charge in [0, 0.05) is 9.79 Å². The summed E-state index contributed by atoms with van der Waals surface area (Å²) in [6.07, 6.45) is 0. The van der Waals surface area contributed by atoms with Crippen LogP contribution >= 0.6 is 25.3 Å². The van der Waals surface area contributed by atoms with Gasteiger partial charge < -0.3 is 4.42 Å². The molecular formula is C13H8O2S2. The van der Waals surface area contributed by atoms with Crippen LogP contribution < -0.4 is 5.43 Å². The summed E-state index contributed by atoms with van der Waals surface area (Å²) in [5.41, 5.74) is 1.04. The second-order valence-electron chi connectivity index (χ2n) is 3.77. The van der Waals surface area contributed by atoms with Crippen molar-refractivity contribution in [1.82, 2.24) is 0 Å². The molecule has 4 heteroatoms. The van der Waals surface area contributed by atoms with Crippen LogP contribution in [0.5, 0.6) is 0 Å². The smallest absolute Gasteiger partial charge is 0.200 e. The van der Waals surface area contributed by atoms with Gasteiger partial charge in [-0.2, -0.15) is 0 Å². The van der Waals surface area contributed by atoms with E-state index in [9.17, 15) is 4.79 Å². The van der Waals surface area contributed by atoms with Gasteiger partial charge >= 0.3 is 0 Å². The maximum absolute atomic E-state index is 12.3. The summed E-state index contributed by atoms with van der Waals surface area (Å²) in [5.74, 6) is 0. The Bertz CT molecular complexity index is 790. The van der Waals surface area contributed by atoms with E-state index in [1.807, 2.05) is 12.1 Å². The van der Waals surface area contributed by atoms with Crippen LogP contribution in [-0.4, -0.2) is 0 Å². The Kier molecular flexibility index (Phi) is 2.42. The topological polar surface area (TPSA) is 30.2 Å². The summed E-state index contributed by atoms with van der Waals surface area (Å²) in [5, 5.41) is 1.09. The second kappa shape index (κ2) is 3.82. The molecule has 2 aromatic carbocycles. The van der Waals surface area contributed by atoms with E-state index >= 15 is 0 Å². The molecule has 3 aromatic rings. The third-order valence-electron chi connectivity index (χ3n) is 2.64. The van der Waals surface area contributed by atoms with E-state index in [-0.39, 0.29) is 5.43 Å². The Labute approximate surface area is 108 Å². The molecule has 0 radical (unpaired) electrons. The first kappa shape index (κ1) is 10.7. The van der Waals surface area contributed by atoms with Crippen molar-refractivity contribution in [3.8, 4) is 0 Å². The van der Waals surface area contributed by atoms with E-state index in [4.69, 9.17) is 4.42 Å². The molecule has 17 heavy (non-hydrogen) atoms. The quantitative estimate of drug-likeness (QED) is 0.478. The van der Waals surface area contributed by atoms with Gasteiger partial charge in [0.05, 0.1) is 10.8 Å². The van der Waals surface area contributed by atoms with Crippen molar-refractivity contribution in [3.05, 3.63) is 46.6 Å². The fraction of sp³-hybridized carbons (Fsp3) is 0. The zero-order valence-electron chi connectivity index (χ0n) is 8.68. The Morgan fingerprint density at radius 3 is 2.59 bits per heavy atom. The van der Waals surface area contributed by atoms with E-state index in [2.05, 4.69) is 25.3 Å². The van der Waals surface area contributed by atoms with Crippen molar-refractivity contribution < 1.29 is 4.42 Å². The Morgan fingerprint density at radius 2 is 1.76 bits per heavy atom. The van der Waals surface area contributed by atoms with Gasteiger partial charge in [0.25, 0.3) is 0 Å². The first-order chi connectivity index (χ1) is 8.16. The minimum atomic E-state index is -0.0481. The summed E-state index contributed by atoms with van der Waals surface area (Å²) in [7, 11) is 0. The van der Waals surface area contributed by atoms with Crippen LogP contribution in [0.1, 0.15) is 0 Å². The average Bonchev–Trinajstić information content (AvgIpc) is 2.31. The highest BCUT2D eigenvalue weighted by molar-refractivity contribution is 7.81. The van der Waals surface area contributed by atoms with Gasteiger partial charge in [-0.05, 0) is 24.3 Å². The molecular weight excluding hydrogens is 252 g/mol. The molecule has 0 spiro atoms. The van der Waals surface area contributed by atoms with Gasteiger partial charge in [-0.1, -0.05) is 12.1 Å². The number of hydrogen-bond acceptors (Lipinski definition) is 4. The first-order valence-electron chi connectivity index (χ1n) is 5.04. The van der Waals surface area contributed by atoms with Crippen LogP contribution in [0, 0.1) is 0 Å². The summed E-state index contributed by atoms with van der Waals surface area (Å²) in [6, 6.07) is 10.6. The first-order valence-corrected chi connectivity index (χ1v) is 5.94. The molecule has 0 amide bonds. The number of hydrogen-bond donors (Lipinski definition) is 2. The van der Waals surface area contributed by atoms with Gasteiger partial charge in [0.15, 0.2) is 5.58 Å². The Hall–Kier alpha value is -1.39. The lowest BCUT2D eigenvalue weighted by molar-refractivity contribution is 0.651. The van der Waals surface area contributed by atoms with Crippen LogP contribution in [0.2, 0.25) is 0 Å². The third kappa shape index (κ3) is 1.64. The summed E-state index contributed by atoms with van der Waals surface area (Å²) < 4.78 is 5.70. The minimum absolute atomic E-state index is 0.0481. The van der Waals surface area contributed by atoms with Gasteiger partial charge in [0.2, 0.25) is 5.43 Å². The molecule has 2 nitrogen and oxygen atoms in total. The highest BCUT2D eigenvalue weighted by Crippen LogP contribution is 2.26. The van der Waals surface area contributed by atoms with Crippen molar-refractivity contribution in [2.24, 2.45) is 0 Å². The summed E-state index contributed by atoms with van der Waals surface area (Å²) >= 11 is 8.55. The predicted molar refractivity (Wildman–Crippen MR) is 74.5 cm³/mol. The standard InChI is InChI=1S/C13H8O2S2/c14-12-8-3-1-2-4-10(8)15-13-9(12)5-7(16)6-11(13)17/h1-6,16-17H. The zero-order chi connectivity index (χ0) is 12.0. The van der Waals surface area contributed by atoms with Crippen LogP contribution in [-0.2, 0) is 0 Å². The largest absolute Gasteiger partial charge is 0.455 e. The number of thiol groups is 2. The van der Waals surface area contributed by atoms with E-state index in [1.165, 1.54) is 0 Å². The van der Waals surface area contributed by atoms with Gasteiger partial charge in [-0.3, -0.25) is 4.79 Å². The predicted octanol–water partition coefficient (Wildman–Crippen LogP) is 3.52. The molecule has 0 atom stereocenters. The third-order valence-corrected chi connectivity index (χ3v) is 3.23. The Morgan fingerprint density at radius 1 is 1.00 bits per heavy atom. The lowest BCUT2D eigenvalue weighted by atomic mass is 10.1. The second-order valence-corrected chi connectivity index (χ2v) is 4.77. The normalized spacial score (nSPS) is 11.2. The molecule has 1 heterocycles. The average molecular weight is 260 g/mol. The zero-order valence-corrected chi connectivity index (χ0v) is 10.5. The van der Waals surface area contributed by atoms with Crippen molar-refractivity contribution in [1.29, 1.82) is 0 Å². The molecule has 0 bridgehead atoms. The molecule has 84 valence electrons. The summed E-state index contributed by atoms with van der Waals surface area (Å²) in [4.78, 5) is 13.6. The van der Waals surface area contributed by atoms with Crippen molar-refractivity contribution in [2.45, 2.75) is 9.79 Å². The Balaban J connectivity index is 2.64. The fourth-order valence-corrected chi connectivity index (χ4v) is 2.54. The highest BCUT2D eigenvalue weighted by Gasteiger charge is 2.09. The number of benzene rings is 2.